The summed E-state index contributed by atoms with van der Waals surface area (Å²) in [5.74, 6) is 3.16. The van der Waals surface area contributed by atoms with Crippen LogP contribution in [0.4, 0.5) is 0 Å². The molecule has 4 fully saturated rings. The highest BCUT2D eigenvalue weighted by molar-refractivity contribution is 6.07. The highest BCUT2D eigenvalue weighted by Gasteiger charge is 2.50. The van der Waals surface area contributed by atoms with E-state index in [0.717, 1.165) is 24.4 Å². The third-order valence-corrected chi connectivity index (χ3v) is 5.03. The normalized spacial score (nSPS) is 49.9. The van der Waals surface area contributed by atoms with Crippen LogP contribution < -0.4 is 0 Å². The van der Waals surface area contributed by atoms with Crippen LogP contribution in [0.1, 0.15) is 44.9 Å². The van der Waals surface area contributed by atoms with E-state index in [0.29, 0.717) is 5.41 Å². The Morgan fingerprint density at radius 3 is 1.93 bits per heavy atom. The Morgan fingerprint density at radius 1 is 1.00 bits per heavy atom. The number of halogens is 1. The van der Waals surface area contributed by atoms with E-state index in [4.69, 9.17) is 16.2 Å². The van der Waals surface area contributed by atoms with Gasteiger partial charge >= 0.3 is 0 Å². The minimum atomic E-state index is 0.643. The fourth-order valence-corrected chi connectivity index (χ4v) is 4.93. The molecule has 14 heavy (non-hydrogen) atoms. The van der Waals surface area contributed by atoms with Gasteiger partial charge in [0.15, 0.2) is 0 Å². The van der Waals surface area contributed by atoms with Crippen LogP contribution in [0.3, 0.4) is 0 Å². The zero-order valence-corrected chi connectivity index (χ0v) is 9.43. The maximum absolute atomic E-state index is 5.34. The molecule has 2 heteroatoms. The monoisotopic (exact) mass is 214 g/mol. The highest BCUT2D eigenvalue weighted by atomic mass is 35.5. The van der Waals surface area contributed by atoms with E-state index in [9.17, 15) is 0 Å². The van der Waals surface area contributed by atoms with Crippen LogP contribution in [-0.2, 0) is 4.29 Å². The molecule has 4 saturated carbocycles. The van der Waals surface area contributed by atoms with Crippen molar-refractivity contribution in [1.29, 1.82) is 0 Å². The highest BCUT2D eigenvalue weighted by Crippen LogP contribution is 2.61. The van der Waals surface area contributed by atoms with Crippen LogP contribution >= 0.6 is 11.9 Å². The summed E-state index contributed by atoms with van der Waals surface area (Å²) in [6, 6.07) is 0. The van der Waals surface area contributed by atoms with Gasteiger partial charge in [-0.15, -0.1) is 0 Å². The van der Waals surface area contributed by atoms with E-state index in [1.165, 1.54) is 44.9 Å². The minimum absolute atomic E-state index is 0.643. The first kappa shape index (κ1) is 9.47. The summed E-state index contributed by atoms with van der Waals surface area (Å²) in [4.78, 5) is 0. The average Bonchev–Trinajstić information content (AvgIpc) is 2.12. The largest absolute Gasteiger partial charge is 0.279 e. The van der Waals surface area contributed by atoms with Crippen molar-refractivity contribution < 1.29 is 4.29 Å². The first-order chi connectivity index (χ1) is 6.80. The van der Waals surface area contributed by atoms with E-state index in [2.05, 4.69) is 0 Å². The van der Waals surface area contributed by atoms with Crippen molar-refractivity contribution >= 4 is 11.9 Å². The van der Waals surface area contributed by atoms with Crippen LogP contribution in [-0.4, -0.2) is 6.61 Å². The molecule has 4 rings (SSSR count). The van der Waals surface area contributed by atoms with Crippen molar-refractivity contribution in [2.45, 2.75) is 44.9 Å². The van der Waals surface area contributed by atoms with Gasteiger partial charge in [0, 0.05) is 0 Å². The third-order valence-electron chi connectivity index (χ3n) is 4.87. The predicted molar refractivity (Wildman–Crippen MR) is 57.0 cm³/mol. The maximum atomic E-state index is 5.34. The summed E-state index contributed by atoms with van der Waals surface area (Å²) in [6.07, 6.45) is 10.2. The number of hydrogen-bond acceptors (Lipinski definition) is 1. The second-order valence-electron chi connectivity index (χ2n) is 5.98. The van der Waals surface area contributed by atoms with Crippen molar-refractivity contribution in [3.63, 3.8) is 0 Å². The van der Waals surface area contributed by atoms with Gasteiger partial charge in [-0.2, -0.15) is 0 Å². The summed E-state index contributed by atoms with van der Waals surface area (Å²) in [7, 11) is 0. The van der Waals surface area contributed by atoms with Crippen LogP contribution in [0.15, 0.2) is 0 Å². The molecule has 0 aliphatic heterocycles. The molecule has 0 aromatic carbocycles. The van der Waals surface area contributed by atoms with Crippen molar-refractivity contribution in [2.75, 3.05) is 6.61 Å². The standard InChI is InChI=1S/C12H19ClO/c13-14-2-1-12-6-9-3-10(7-12)5-11(4-9)8-12/h9-11H,1-8H2. The van der Waals surface area contributed by atoms with Gasteiger partial charge in [0.05, 0.1) is 18.5 Å². The van der Waals surface area contributed by atoms with E-state index < -0.39 is 0 Å². The maximum Gasteiger partial charge on any atom is 0.0687 e. The van der Waals surface area contributed by atoms with Gasteiger partial charge < -0.3 is 0 Å². The van der Waals surface area contributed by atoms with Crippen LogP contribution in [0.5, 0.6) is 0 Å². The van der Waals surface area contributed by atoms with E-state index in [1.807, 2.05) is 0 Å². The summed E-state index contributed by atoms with van der Waals surface area (Å²) in [5, 5.41) is 0. The molecule has 0 atom stereocenters. The van der Waals surface area contributed by atoms with Gasteiger partial charge in [0.25, 0.3) is 0 Å². The molecule has 0 N–H and O–H groups in total. The van der Waals surface area contributed by atoms with Crippen LogP contribution in [0, 0.1) is 23.2 Å². The Hall–Kier alpha value is 0.250. The van der Waals surface area contributed by atoms with E-state index in [-0.39, 0.29) is 0 Å². The lowest BCUT2D eigenvalue weighted by Gasteiger charge is -2.57. The van der Waals surface area contributed by atoms with Crippen LogP contribution in [0.2, 0.25) is 0 Å². The third kappa shape index (κ3) is 1.49. The molecule has 0 unspecified atom stereocenters. The SMILES string of the molecule is ClOCCC12CC3CC(CC(C3)C1)C2. The lowest BCUT2D eigenvalue weighted by atomic mass is 9.49. The van der Waals surface area contributed by atoms with Gasteiger partial charge in [0.1, 0.15) is 0 Å². The molecule has 0 heterocycles. The minimum Gasteiger partial charge on any atom is -0.279 e. The predicted octanol–water partition coefficient (Wildman–Crippen LogP) is 3.76. The van der Waals surface area contributed by atoms with Crippen molar-refractivity contribution in [2.24, 2.45) is 23.2 Å². The zero-order valence-electron chi connectivity index (χ0n) is 8.68. The zero-order chi connectivity index (χ0) is 9.60. The lowest BCUT2D eigenvalue weighted by molar-refractivity contribution is -0.0619. The van der Waals surface area contributed by atoms with Gasteiger partial charge in [-0.1, -0.05) is 0 Å². The molecular formula is C12H19ClO. The average molecular weight is 215 g/mol. The number of rotatable bonds is 3. The van der Waals surface area contributed by atoms with Gasteiger partial charge in [-0.3, -0.25) is 4.29 Å². The molecule has 0 amide bonds. The molecule has 4 aliphatic carbocycles. The Balaban J connectivity index is 1.74. The Kier molecular flexibility index (Phi) is 2.29. The fraction of sp³-hybridized carbons (Fsp3) is 1.00. The summed E-state index contributed by atoms with van der Waals surface area (Å²) >= 11 is 5.34. The molecule has 0 spiro atoms. The van der Waals surface area contributed by atoms with Crippen LogP contribution in [0.25, 0.3) is 0 Å². The summed E-state index contributed by atoms with van der Waals surface area (Å²) in [5.41, 5.74) is 0.643. The molecule has 1 nitrogen and oxygen atoms in total. The molecule has 0 aromatic heterocycles. The lowest BCUT2D eigenvalue weighted by Crippen LogP contribution is -2.46. The smallest absolute Gasteiger partial charge is 0.0687 e. The second-order valence-corrected chi connectivity index (χ2v) is 6.20. The van der Waals surface area contributed by atoms with Gasteiger partial charge in [-0.05, 0) is 68.1 Å². The van der Waals surface area contributed by atoms with E-state index >= 15 is 0 Å². The molecular weight excluding hydrogens is 196 g/mol. The van der Waals surface area contributed by atoms with Gasteiger partial charge in [0.2, 0.25) is 0 Å². The van der Waals surface area contributed by atoms with Gasteiger partial charge in [-0.25, -0.2) is 0 Å². The fourth-order valence-electron chi connectivity index (χ4n) is 4.85. The number of hydrogen-bond donors (Lipinski definition) is 0. The second kappa shape index (κ2) is 3.38. The Labute approximate surface area is 91.3 Å². The molecule has 4 bridgehead atoms. The first-order valence-electron chi connectivity index (χ1n) is 6.03. The molecule has 4 aliphatic rings. The topological polar surface area (TPSA) is 9.23 Å². The Morgan fingerprint density at radius 2 is 1.50 bits per heavy atom. The van der Waals surface area contributed by atoms with Crippen molar-refractivity contribution in [3.05, 3.63) is 0 Å². The molecule has 80 valence electrons. The molecule has 0 saturated heterocycles. The quantitative estimate of drug-likeness (QED) is 0.695. The first-order valence-corrected chi connectivity index (χ1v) is 6.34. The molecule has 0 aromatic rings. The van der Waals surface area contributed by atoms with Crippen molar-refractivity contribution in [1.82, 2.24) is 0 Å². The van der Waals surface area contributed by atoms with Crippen molar-refractivity contribution in [3.8, 4) is 0 Å². The van der Waals surface area contributed by atoms with E-state index in [1.54, 1.807) is 0 Å². The molecule has 0 radical (unpaired) electrons. The summed E-state index contributed by atoms with van der Waals surface area (Å²) in [6.45, 7) is 0.758. The summed E-state index contributed by atoms with van der Waals surface area (Å²) < 4.78 is 4.75. The Bertz CT molecular complexity index is 191.